The SMILES string of the molecule is COc1ccc(Cl)cc1S(=O)(=O)N1CCC(N2CCCC2)C1. The maximum Gasteiger partial charge on any atom is 0.246 e. The van der Waals surface area contributed by atoms with E-state index in [1.165, 1.54) is 26.0 Å². The summed E-state index contributed by atoms with van der Waals surface area (Å²) in [6.45, 7) is 3.27. The summed E-state index contributed by atoms with van der Waals surface area (Å²) in [7, 11) is -2.10. The van der Waals surface area contributed by atoms with Gasteiger partial charge < -0.3 is 4.74 Å². The number of halogens is 1. The summed E-state index contributed by atoms with van der Waals surface area (Å²) in [4.78, 5) is 2.56. The summed E-state index contributed by atoms with van der Waals surface area (Å²) < 4.78 is 32.5. The molecule has 0 saturated carbocycles. The molecule has 0 aliphatic carbocycles. The number of likely N-dealkylation sites (tertiary alicyclic amines) is 1. The Morgan fingerprint density at radius 2 is 1.95 bits per heavy atom. The minimum absolute atomic E-state index is 0.157. The van der Waals surface area contributed by atoms with Crippen molar-refractivity contribution in [3.8, 4) is 5.75 Å². The van der Waals surface area contributed by atoms with Crippen LogP contribution < -0.4 is 4.74 Å². The van der Waals surface area contributed by atoms with Crippen LogP contribution in [0.1, 0.15) is 19.3 Å². The van der Waals surface area contributed by atoms with E-state index in [9.17, 15) is 8.42 Å². The quantitative estimate of drug-likeness (QED) is 0.840. The minimum Gasteiger partial charge on any atom is -0.495 e. The number of rotatable bonds is 4. The van der Waals surface area contributed by atoms with Crippen LogP contribution in [0.5, 0.6) is 5.75 Å². The number of hydrogen-bond donors (Lipinski definition) is 0. The molecule has 1 unspecified atom stereocenters. The van der Waals surface area contributed by atoms with E-state index >= 15 is 0 Å². The fraction of sp³-hybridized carbons (Fsp3) is 0.600. The predicted octanol–water partition coefficient (Wildman–Crippen LogP) is 2.21. The Balaban J connectivity index is 1.83. The Hall–Kier alpha value is -0.820. The molecule has 5 nitrogen and oxygen atoms in total. The Bertz CT molecular complexity index is 644. The molecule has 0 amide bonds. The lowest BCUT2D eigenvalue weighted by atomic mass is 10.2. The standard InChI is InChI=1S/C15H21ClN2O3S/c1-21-14-5-4-12(16)10-15(14)22(19,20)18-9-6-13(11-18)17-7-2-3-8-17/h4-5,10,13H,2-3,6-9,11H2,1H3. The van der Waals surface area contributed by atoms with Crippen LogP contribution in [-0.4, -0.2) is 57.0 Å². The predicted molar refractivity (Wildman–Crippen MR) is 86.0 cm³/mol. The number of benzene rings is 1. The Kier molecular flexibility index (Phi) is 4.64. The van der Waals surface area contributed by atoms with Crippen molar-refractivity contribution in [1.82, 2.24) is 9.21 Å². The van der Waals surface area contributed by atoms with Crippen molar-refractivity contribution < 1.29 is 13.2 Å². The molecule has 0 bridgehead atoms. The van der Waals surface area contributed by atoms with Crippen LogP contribution in [0, 0.1) is 0 Å². The van der Waals surface area contributed by atoms with Crippen LogP contribution in [0.25, 0.3) is 0 Å². The first kappa shape index (κ1) is 16.1. The highest BCUT2D eigenvalue weighted by molar-refractivity contribution is 7.89. The third-order valence-electron chi connectivity index (χ3n) is 4.53. The first-order valence-electron chi connectivity index (χ1n) is 7.60. The molecule has 2 aliphatic heterocycles. The van der Waals surface area contributed by atoms with E-state index in [0.29, 0.717) is 29.9 Å². The second-order valence-corrected chi connectivity index (χ2v) is 8.19. The molecule has 1 atom stereocenters. The van der Waals surface area contributed by atoms with E-state index < -0.39 is 10.0 Å². The van der Waals surface area contributed by atoms with Crippen molar-refractivity contribution in [2.24, 2.45) is 0 Å². The highest BCUT2D eigenvalue weighted by atomic mass is 35.5. The van der Waals surface area contributed by atoms with Gasteiger partial charge in [-0.25, -0.2) is 8.42 Å². The lowest BCUT2D eigenvalue weighted by Gasteiger charge is -2.24. The van der Waals surface area contributed by atoms with Gasteiger partial charge in [-0.05, 0) is 50.6 Å². The number of sulfonamides is 1. The monoisotopic (exact) mass is 344 g/mol. The van der Waals surface area contributed by atoms with Crippen molar-refractivity contribution in [3.63, 3.8) is 0 Å². The molecule has 3 rings (SSSR count). The fourth-order valence-electron chi connectivity index (χ4n) is 3.32. The van der Waals surface area contributed by atoms with Gasteiger partial charge in [-0.15, -0.1) is 0 Å². The number of methoxy groups -OCH3 is 1. The molecule has 122 valence electrons. The summed E-state index contributed by atoms with van der Waals surface area (Å²) in [6, 6.07) is 5.04. The van der Waals surface area contributed by atoms with E-state index in [-0.39, 0.29) is 4.90 Å². The Morgan fingerprint density at radius 3 is 2.64 bits per heavy atom. The molecule has 22 heavy (non-hydrogen) atoms. The van der Waals surface area contributed by atoms with Gasteiger partial charge in [-0.3, -0.25) is 4.90 Å². The van der Waals surface area contributed by atoms with Gasteiger partial charge in [0.15, 0.2) is 0 Å². The van der Waals surface area contributed by atoms with Crippen molar-refractivity contribution in [1.29, 1.82) is 0 Å². The highest BCUT2D eigenvalue weighted by Crippen LogP contribution is 2.32. The maximum atomic E-state index is 12.9. The van der Waals surface area contributed by atoms with E-state index in [4.69, 9.17) is 16.3 Å². The van der Waals surface area contributed by atoms with Crippen molar-refractivity contribution in [3.05, 3.63) is 23.2 Å². The molecule has 0 radical (unpaired) electrons. The second-order valence-electron chi connectivity index (χ2n) is 5.84. The van der Waals surface area contributed by atoms with Gasteiger partial charge in [0.05, 0.1) is 7.11 Å². The number of nitrogens with zero attached hydrogens (tertiary/aromatic N) is 2. The first-order chi connectivity index (χ1) is 10.5. The van der Waals surface area contributed by atoms with Gasteiger partial charge in [0.2, 0.25) is 10.0 Å². The zero-order chi connectivity index (χ0) is 15.7. The Morgan fingerprint density at radius 1 is 1.23 bits per heavy atom. The molecule has 0 spiro atoms. The van der Waals surface area contributed by atoms with Gasteiger partial charge in [-0.1, -0.05) is 11.6 Å². The van der Waals surface area contributed by atoms with E-state index in [1.807, 2.05) is 0 Å². The molecule has 2 fully saturated rings. The smallest absolute Gasteiger partial charge is 0.246 e. The van der Waals surface area contributed by atoms with Crippen molar-refractivity contribution in [2.75, 3.05) is 33.3 Å². The molecule has 2 saturated heterocycles. The molecular weight excluding hydrogens is 324 g/mol. The van der Waals surface area contributed by atoms with Gasteiger partial charge >= 0.3 is 0 Å². The van der Waals surface area contributed by atoms with Crippen LogP contribution in [0.2, 0.25) is 5.02 Å². The van der Waals surface area contributed by atoms with Crippen LogP contribution in [0.15, 0.2) is 23.1 Å². The molecule has 7 heteroatoms. The Labute approximate surface area is 136 Å². The van der Waals surface area contributed by atoms with Gasteiger partial charge in [0.25, 0.3) is 0 Å². The van der Waals surface area contributed by atoms with Gasteiger partial charge in [-0.2, -0.15) is 4.31 Å². The van der Waals surface area contributed by atoms with Crippen LogP contribution >= 0.6 is 11.6 Å². The molecule has 1 aromatic rings. The van der Waals surface area contributed by atoms with Crippen LogP contribution in [0.4, 0.5) is 0 Å². The average molecular weight is 345 g/mol. The normalized spacial score (nSPS) is 24.0. The van der Waals surface area contributed by atoms with Crippen LogP contribution in [0.3, 0.4) is 0 Å². The fourth-order valence-corrected chi connectivity index (χ4v) is 5.24. The summed E-state index contributed by atoms with van der Waals surface area (Å²) in [5.74, 6) is 0.342. The summed E-state index contributed by atoms with van der Waals surface area (Å²) in [5, 5.41) is 0.398. The third-order valence-corrected chi connectivity index (χ3v) is 6.65. The molecule has 1 aromatic carbocycles. The molecular formula is C15H21ClN2O3S. The lowest BCUT2D eigenvalue weighted by molar-refractivity contribution is 0.251. The van der Waals surface area contributed by atoms with Crippen molar-refractivity contribution in [2.45, 2.75) is 30.2 Å². The lowest BCUT2D eigenvalue weighted by Crippen LogP contribution is -2.37. The van der Waals surface area contributed by atoms with Gasteiger partial charge in [0.1, 0.15) is 10.6 Å². The van der Waals surface area contributed by atoms with E-state index in [2.05, 4.69) is 4.90 Å². The summed E-state index contributed by atoms with van der Waals surface area (Å²) in [6.07, 6.45) is 3.32. The number of ether oxygens (including phenoxy) is 1. The van der Waals surface area contributed by atoms with Crippen LogP contribution in [-0.2, 0) is 10.0 Å². The molecule has 2 aliphatic rings. The maximum absolute atomic E-state index is 12.9. The second kappa shape index (κ2) is 6.35. The van der Waals surface area contributed by atoms with E-state index in [0.717, 1.165) is 19.5 Å². The first-order valence-corrected chi connectivity index (χ1v) is 9.42. The molecule has 2 heterocycles. The largest absolute Gasteiger partial charge is 0.495 e. The minimum atomic E-state index is -3.57. The zero-order valence-electron chi connectivity index (χ0n) is 12.7. The highest BCUT2D eigenvalue weighted by Gasteiger charge is 2.37. The average Bonchev–Trinajstić information content (AvgIpc) is 3.18. The van der Waals surface area contributed by atoms with Gasteiger partial charge in [0, 0.05) is 24.2 Å². The van der Waals surface area contributed by atoms with Crippen molar-refractivity contribution >= 4 is 21.6 Å². The van der Waals surface area contributed by atoms with E-state index in [1.54, 1.807) is 16.4 Å². The molecule has 0 aromatic heterocycles. The summed E-state index contributed by atoms with van der Waals surface area (Å²) >= 11 is 5.97. The third kappa shape index (κ3) is 2.97. The molecule has 0 N–H and O–H groups in total. The number of hydrogen-bond acceptors (Lipinski definition) is 4. The summed E-state index contributed by atoms with van der Waals surface area (Å²) in [5.41, 5.74) is 0. The zero-order valence-corrected chi connectivity index (χ0v) is 14.2. The topological polar surface area (TPSA) is 49.9 Å².